The second kappa shape index (κ2) is 5.85. The van der Waals surface area contributed by atoms with Crippen LogP contribution in [0.25, 0.3) is 10.9 Å². The van der Waals surface area contributed by atoms with Crippen molar-refractivity contribution >= 4 is 38.4 Å². The second-order valence-corrected chi connectivity index (χ2v) is 5.82. The number of aryl methyl sites for hydroxylation is 1. The Morgan fingerprint density at radius 1 is 1.23 bits per heavy atom. The van der Waals surface area contributed by atoms with E-state index in [-0.39, 0.29) is 5.91 Å². The van der Waals surface area contributed by atoms with Crippen molar-refractivity contribution in [1.29, 1.82) is 0 Å². The molecule has 2 N–H and O–H groups in total. The summed E-state index contributed by atoms with van der Waals surface area (Å²) in [4.78, 5) is 15.7. The number of anilines is 1. The van der Waals surface area contributed by atoms with Gasteiger partial charge in [0.05, 0.1) is 12.8 Å². The molecule has 1 heterocycles. The van der Waals surface area contributed by atoms with Crippen LogP contribution in [-0.2, 0) is 0 Å². The molecular weight excluding hydrogens is 344 g/mol. The number of para-hydroxylation sites is 1. The molecule has 2 aromatic carbocycles. The zero-order valence-electron chi connectivity index (χ0n) is 12.2. The first-order valence-corrected chi connectivity index (χ1v) is 7.61. The van der Waals surface area contributed by atoms with Crippen molar-refractivity contribution in [3.05, 3.63) is 58.2 Å². The number of methoxy groups -OCH3 is 1. The van der Waals surface area contributed by atoms with E-state index in [0.717, 1.165) is 32.4 Å². The number of hydrogen-bond acceptors (Lipinski definition) is 2. The molecule has 0 aliphatic heterocycles. The maximum atomic E-state index is 12.5. The quantitative estimate of drug-likeness (QED) is 0.724. The molecule has 0 aliphatic carbocycles. The van der Waals surface area contributed by atoms with Crippen LogP contribution in [0, 0.1) is 6.92 Å². The van der Waals surface area contributed by atoms with Crippen LogP contribution in [0.2, 0.25) is 0 Å². The van der Waals surface area contributed by atoms with Gasteiger partial charge in [0, 0.05) is 21.4 Å². The van der Waals surface area contributed by atoms with Crippen molar-refractivity contribution in [1.82, 2.24) is 4.98 Å². The molecule has 0 aliphatic rings. The molecule has 0 saturated heterocycles. The number of halogens is 1. The molecule has 4 nitrogen and oxygen atoms in total. The number of carbonyl (C=O) groups is 1. The normalized spacial score (nSPS) is 10.7. The lowest BCUT2D eigenvalue weighted by Crippen LogP contribution is -2.13. The van der Waals surface area contributed by atoms with Gasteiger partial charge < -0.3 is 15.0 Å². The summed E-state index contributed by atoms with van der Waals surface area (Å²) in [5, 5.41) is 3.92. The maximum absolute atomic E-state index is 12.5. The van der Waals surface area contributed by atoms with Gasteiger partial charge in [-0.2, -0.15) is 0 Å². The minimum absolute atomic E-state index is 0.167. The summed E-state index contributed by atoms with van der Waals surface area (Å²) in [5.74, 6) is 0.589. The fourth-order valence-corrected chi connectivity index (χ4v) is 2.80. The number of aromatic amines is 1. The Labute approximate surface area is 136 Å². The van der Waals surface area contributed by atoms with Crippen molar-refractivity contribution < 1.29 is 9.53 Å². The minimum Gasteiger partial charge on any atom is -0.497 e. The lowest BCUT2D eigenvalue weighted by atomic mass is 10.1. The largest absolute Gasteiger partial charge is 0.497 e. The van der Waals surface area contributed by atoms with Crippen LogP contribution in [0.1, 0.15) is 16.1 Å². The molecule has 5 heteroatoms. The van der Waals surface area contributed by atoms with E-state index in [0.29, 0.717) is 5.69 Å². The zero-order chi connectivity index (χ0) is 15.7. The van der Waals surface area contributed by atoms with Gasteiger partial charge in [-0.15, -0.1) is 0 Å². The highest BCUT2D eigenvalue weighted by atomic mass is 79.9. The average Bonchev–Trinajstić information content (AvgIpc) is 2.86. The second-order valence-electron chi connectivity index (χ2n) is 4.97. The first-order valence-electron chi connectivity index (χ1n) is 6.82. The number of hydrogen-bond donors (Lipinski definition) is 2. The van der Waals surface area contributed by atoms with Gasteiger partial charge in [0.15, 0.2) is 0 Å². The van der Waals surface area contributed by atoms with E-state index in [2.05, 4.69) is 26.2 Å². The van der Waals surface area contributed by atoms with E-state index in [1.165, 1.54) is 0 Å². The van der Waals surface area contributed by atoms with Crippen molar-refractivity contribution in [3.63, 3.8) is 0 Å². The maximum Gasteiger partial charge on any atom is 0.272 e. The number of amides is 1. The van der Waals surface area contributed by atoms with Gasteiger partial charge in [0.1, 0.15) is 11.4 Å². The van der Waals surface area contributed by atoms with Crippen LogP contribution < -0.4 is 10.1 Å². The van der Waals surface area contributed by atoms with Gasteiger partial charge in [0.2, 0.25) is 0 Å². The van der Waals surface area contributed by atoms with Gasteiger partial charge in [-0.05, 0) is 52.7 Å². The molecule has 3 rings (SSSR count). The summed E-state index contributed by atoms with van der Waals surface area (Å²) in [7, 11) is 1.62. The van der Waals surface area contributed by atoms with Crippen molar-refractivity contribution in [2.75, 3.05) is 12.4 Å². The molecule has 0 radical (unpaired) electrons. The monoisotopic (exact) mass is 358 g/mol. The Bertz CT molecular complexity index is 855. The average molecular weight is 359 g/mol. The van der Waals surface area contributed by atoms with Gasteiger partial charge in [-0.3, -0.25) is 4.79 Å². The van der Waals surface area contributed by atoms with Crippen LogP contribution in [0.3, 0.4) is 0 Å². The van der Waals surface area contributed by atoms with Crippen molar-refractivity contribution in [2.45, 2.75) is 6.92 Å². The number of nitrogens with one attached hydrogen (secondary N) is 2. The molecule has 0 atom stereocenters. The number of benzene rings is 2. The van der Waals surface area contributed by atoms with E-state index in [9.17, 15) is 4.79 Å². The molecule has 3 aromatic rings. The van der Waals surface area contributed by atoms with Crippen LogP contribution in [0.4, 0.5) is 5.69 Å². The number of ether oxygens (including phenoxy) is 1. The number of carbonyl (C=O) groups excluding carboxylic acids is 1. The van der Waals surface area contributed by atoms with E-state index < -0.39 is 0 Å². The third kappa shape index (κ3) is 2.60. The fourth-order valence-electron chi connectivity index (χ4n) is 2.42. The first-order chi connectivity index (χ1) is 10.6. The molecule has 1 amide bonds. The Morgan fingerprint density at radius 2 is 2.00 bits per heavy atom. The Morgan fingerprint density at radius 3 is 2.73 bits per heavy atom. The van der Waals surface area contributed by atoms with E-state index in [1.54, 1.807) is 7.11 Å². The summed E-state index contributed by atoms with van der Waals surface area (Å²) in [6, 6.07) is 13.2. The van der Waals surface area contributed by atoms with Gasteiger partial charge in [-0.25, -0.2) is 0 Å². The zero-order valence-corrected chi connectivity index (χ0v) is 13.8. The lowest BCUT2D eigenvalue weighted by molar-refractivity contribution is 0.102. The summed E-state index contributed by atoms with van der Waals surface area (Å²) >= 11 is 3.43. The lowest BCUT2D eigenvalue weighted by Gasteiger charge is -2.06. The van der Waals surface area contributed by atoms with Crippen molar-refractivity contribution in [2.24, 2.45) is 0 Å². The number of aromatic nitrogens is 1. The van der Waals surface area contributed by atoms with E-state index in [4.69, 9.17) is 4.74 Å². The molecule has 0 bridgehead atoms. The molecule has 0 unspecified atom stereocenters. The summed E-state index contributed by atoms with van der Waals surface area (Å²) in [5.41, 5.74) is 3.10. The first kappa shape index (κ1) is 14.7. The van der Waals surface area contributed by atoms with Crippen LogP contribution in [-0.4, -0.2) is 18.0 Å². The third-order valence-corrected chi connectivity index (χ3v) is 4.31. The number of fused-ring (bicyclic) bond motifs is 1. The molecule has 112 valence electrons. The number of H-pyrrole nitrogens is 1. The van der Waals surface area contributed by atoms with Crippen LogP contribution in [0.15, 0.2) is 46.9 Å². The fraction of sp³-hybridized carbons (Fsp3) is 0.118. The molecule has 0 spiro atoms. The van der Waals surface area contributed by atoms with Gasteiger partial charge in [0.25, 0.3) is 5.91 Å². The summed E-state index contributed by atoms with van der Waals surface area (Å²) in [6.45, 7) is 1.93. The van der Waals surface area contributed by atoms with Gasteiger partial charge >= 0.3 is 0 Å². The predicted octanol–water partition coefficient (Wildman–Crippen LogP) is 4.50. The Kier molecular flexibility index (Phi) is 3.90. The Balaban J connectivity index is 1.97. The molecular formula is C17H15BrN2O2. The highest BCUT2D eigenvalue weighted by Crippen LogP contribution is 2.27. The summed E-state index contributed by atoms with van der Waals surface area (Å²) < 4.78 is 6.06. The highest BCUT2D eigenvalue weighted by Gasteiger charge is 2.16. The van der Waals surface area contributed by atoms with Crippen LogP contribution in [0.5, 0.6) is 5.75 Å². The van der Waals surface area contributed by atoms with Crippen LogP contribution >= 0.6 is 15.9 Å². The predicted molar refractivity (Wildman–Crippen MR) is 91.7 cm³/mol. The standard InChI is InChI=1S/C17H15BrN2O2/c1-10-12-8-7-11(22-2)9-15(12)19-16(10)17(21)20-14-6-4-3-5-13(14)18/h3-9,19H,1-2H3,(H,20,21). The SMILES string of the molecule is COc1ccc2c(C)c(C(=O)Nc3ccccc3Br)[nH]c2c1. The van der Waals surface area contributed by atoms with Crippen molar-refractivity contribution in [3.8, 4) is 5.75 Å². The Hall–Kier alpha value is -2.27. The molecule has 0 saturated carbocycles. The van der Waals surface area contributed by atoms with Gasteiger partial charge in [-0.1, -0.05) is 12.1 Å². The highest BCUT2D eigenvalue weighted by molar-refractivity contribution is 9.10. The third-order valence-electron chi connectivity index (χ3n) is 3.61. The number of rotatable bonds is 3. The summed E-state index contributed by atoms with van der Waals surface area (Å²) in [6.07, 6.45) is 0. The molecule has 0 fully saturated rings. The smallest absolute Gasteiger partial charge is 0.272 e. The molecule has 1 aromatic heterocycles. The topological polar surface area (TPSA) is 54.1 Å². The minimum atomic E-state index is -0.167. The van der Waals surface area contributed by atoms with E-state index >= 15 is 0 Å². The van der Waals surface area contributed by atoms with E-state index in [1.807, 2.05) is 49.4 Å². The molecule has 22 heavy (non-hydrogen) atoms.